The molecule has 0 aliphatic carbocycles. The normalized spacial score (nSPS) is 10.2. The van der Waals surface area contributed by atoms with Gasteiger partial charge in [-0.3, -0.25) is 10.1 Å². The second-order valence-electron chi connectivity index (χ2n) is 4.30. The van der Waals surface area contributed by atoms with Crippen LogP contribution in [0.3, 0.4) is 0 Å². The van der Waals surface area contributed by atoms with Gasteiger partial charge < -0.3 is 4.74 Å². The summed E-state index contributed by atoms with van der Waals surface area (Å²) in [6.07, 6.45) is 0. The van der Waals surface area contributed by atoms with Crippen LogP contribution in [-0.4, -0.2) is 38.6 Å². The molecule has 0 bridgehead atoms. The van der Waals surface area contributed by atoms with E-state index in [0.717, 1.165) is 5.56 Å². The van der Waals surface area contributed by atoms with Gasteiger partial charge in [0.1, 0.15) is 11.4 Å². The summed E-state index contributed by atoms with van der Waals surface area (Å²) in [7, 11) is 1.59. The van der Waals surface area contributed by atoms with Crippen LogP contribution in [-0.2, 0) is 0 Å². The van der Waals surface area contributed by atoms with Gasteiger partial charge in [0.05, 0.1) is 12.8 Å². The Hall–Kier alpha value is -3.29. The number of H-pyrrole nitrogens is 1. The Bertz CT molecular complexity index is 788. The van der Waals surface area contributed by atoms with E-state index >= 15 is 0 Å². The number of rotatable bonds is 4. The number of para-hydroxylation sites is 1. The highest BCUT2D eigenvalue weighted by molar-refractivity contribution is 6.02. The van der Waals surface area contributed by atoms with Crippen molar-refractivity contribution in [2.75, 3.05) is 12.4 Å². The van der Waals surface area contributed by atoms with Crippen LogP contribution in [0.2, 0.25) is 0 Å². The molecule has 110 valence electrons. The Morgan fingerprint density at radius 2 is 2.05 bits per heavy atom. The summed E-state index contributed by atoms with van der Waals surface area (Å²) in [5, 5.41) is 15.4. The zero-order valence-electron chi connectivity index (χ0n) is 11.6. The number of benzene rings is 1. The van der Waals surface area contributed by atoms with Crippen molar-refractivity contribution in [3.63, 3.8) is 0 Å². The number of aromatic nitrogens is 5. The zero-order valence-corrected chi connectivity index (χ0v) is 11.6. The minimum atomic E-state index is -0.418. The molecule has 0 fully saturated rings. The Morgan fingerprint density at radius 1 is 1.18 bits per heavy atom. The second-order valence-corrected chi connectivity index (χ2v) is 4.30. The summed E-state index contributed by atoms with van der Waals surface area (Å²) >= 11 is 0. The van der Waals surface area contributed by atoms with Crippen molar-refractivity contribution >= 4 is 11.9 Å². The highest BCUT2D eigenvalue weighted by atomic mass is 16.5. The predicted molar refractivity (Wildman–Crippen MR) is 78.4 cm³/mol. The highest BCUT2D eigenvalue weighted by Crippen LogP contribution is 2.28. The van der Waals surface area contributed by atoms with Crippen molar-refractivity contribution in [1.82, 2.24) is 25.6 Å². The number of hydrogen-bond donors (Lipinski definition) is 2. The topological polar surface area (TPSA) is 106 Å². The number of carbonyl (C=O) groups excluding carboxylic acids is 1. The molecule has 2 aromatic heterocycles. The van der Waals surface area contributed by atoms with Gasteiger partial charge in [-0.1, -0.05) is 23.3 Å². The number of ether oxygens (including phenoxy) is 1. The lowest BCUT2D eigenvalue weighted by Gasteiger charge is -2.08. The van der Waals surface area contributed by atoms with Gasteiger partial charge >= 0.3 is 0 Å². The quantitative estimate of drug-likeness (QED) is 0.756. The molecular formula is C14H12N6O2. The molecule has 22 heavy (non-hydrogen) atoms. The molecule has 1 aromatic carbocycles. The monoisotopic (exact) mass is 296 g/mol. The summed E-state index contributed by atoms with van der Waals surface area (Å²) in [6.45, 7) is 0. The van der Waals surface area contributed by atoms with E-state index in [2.05, 4.69) is 30.9 Å². The van der Waals surface area contributed by atoms with Gasteiger partial charge in [0.2, 0.25) is 0 Å². The molecule has 1 amide bonds. The summed E-state index contributed by atoms with van der Waals surface area (Å²) in [5.41, 5.74) is 1.69. The third-order valence-corrected chi connectivity index (χ3v) is 2.94. The van der Waals surface area contributed by atoms with Gasteiger partial charge in [-0.25, -0.2) is 4.98 Å². The van der Waals surface area contributed by atoms with Crippen molar-refractivity contribution in [2.24, 2.45) is 0 Å². The zero-order chi connectivity index (χ0) is 15.4. The Morgan fingerprint density at radius 3 is 2.82 bits per heavy atom. The van der Waals surface area contributed by atoms with Crippen molar-refractivity contribution < 1.29 is 9.53 Å². The molecular weight excluding hydrogens is 284 g/mol. The van der Waals surface area contributed by atoms with Gasteiger partial charge in [-0.05, 0) is 29.5 Å². The molecule has 0 saturated heterocycles. The minimum Gasteiger partial charge on any atom is -0.496 e. The lowest BCUT2D eigenvalue weighted by atomic mass is 10.1. The molecule has 0 spiro atoms. The number of methoxy groups -OCH3 is 1. The van der Waals surface area contributed by atoms with Crippen molar-refractivity contribution in [3.8, 4) is 17.0 Å². The van der Waals surface area contributed by atoms with E-state index in [1.54, 1.807) is 19.2 Å². The first kappa shape index (κ1) is 13.7. The van der Waals surface area contributed by atoms with E-state index < -0.39 is 5.91 Å². The Kier molecular flexibility index (Phi) is 3.73. The SMILES string of the molecule is COc1ccccc1-c1cccc(C(=O)Nc2nn[nH]n2)n1. The minimum absolute atomic E-state index is 0.0921. The van der Waals surface area contributed by atoms with Gasteiger partial charge in [-0.2, -0.15) is 5.21 Å². The van der Waals surface area contributed by atoms with E-state index in [-0.39, 0.29) is 11.6 Å². The maximum Gasteiger partial charge on any atom is 0.276 e. The molecule has 8 heteroatoms. The smallest absolute Gasteiger partial charge is 0.276 e. The number of nitrogens with zero attached hydrogens (tertiary/aromatic N) is 4. The average molecular weight is 296 g/mol. The van der Waals surface area contributed by atoms with Crippen molar-refractivity contribution in [1.29, 1.82) is 0 Å². The van der Waals surface area contributed by atoms with Gasteiger partial charge in [0, 0.05) is 5.56 Å². The number of amides is 1. The number of tetrazole rings is 1. The first-order chi connectivity index (χ1) is 10.8. The van der Waals surface area contributed by atoms with E-state index in [4.69, 9.17) is 4.74 Å². The third-order valence-electron chi connectivity index (χ3n) is 2.94. The molecule has 3 rings (SSSR count). The number of anilines is 1. The molecule has 2 heterocycles. The molecule has 0 radical (unpaired) electrons. The Labute approximate surface area is 125 Å². The molecule has 8 nitrogen and oxygen atoms in total. The standard InChI is InChI=1S/C14H12N6O2/c1-22-12-8-3-2-5-9(12)10-6-4-7-11(15-10)13(21)16-14-17-19-20-18-14/h2-8H,1H3,(H2,16,17,18,19,20,21). The Balaban J connectivity index is 1.91. The van der Waals surface area contributed by atoms with E-state index in [0.29, 0.717) is 11.4 Å². The summed E-state index contributed by atoms with van der Waals surface area (Å²) < 4.78 is 5.31. The van der Waals surface area contributed by atoms with Crippen LogP contribution in [0.4, 0.5) is 5.95 Å². The lowest BCUT2D eigenvalue weighted by Crippen LogP contribution is -2.15. The fourth-order valence-corrected chi connectivity index (χ4v) is 1.95. The van der Waals surface area contributed by atoms with Crippen LogP contribution in [0.5, 0.6) is 5.75 Å². The molecule has 0 atom stereocenters. The lowest BCUT2D eigenvalue weighted by molar-refractivity contribution is 0.102. The van der Waals surface area contributed by atoms with Crippen LogP contribution in [0.15, 0.2) is 42.5 Å². The first-order valence-corrected chi connectivity index (χ1v) is 6.43. The van der Waals surface area contributed by atoms with Crippen molar-refractivity contribution in [2.45, 2.75) is 0 Å². The second kappa shape index (κ2) is 6.00. The fourth-order valence-electron chi connectivity index (χ4n) is 1.95. The largest absolute Gasteiger partial charge is 0.496 e. The first-order valence-electron chi connectivity index (χ1n) is 6.43. The van der Waals surface area contributed by atoms with Crippen LogP contribution in [0.25, 0.3) is 11.3 Å². The fraction of sp³-hybridized carbons (Fsp3) is 0.0714. The number of hydrogen-bond acceptors (Lipinski definition) is 6. The van der Waals surface area contributed by atoms with Crippen LogP contribution < -0.4 is 10.1 Å². The van der Waals surface area contributed by atoms with Gasteiger partial charge in [0.15, 0.2) is 0 Å². The maximum absolute atomic E-state index is 12.1. The van der Waals surface area contributed by atoms with E-state index in [1.165, 1.54) is 0 Å². The molecule has 0 saturated carbocycles. The van der Waals surface area contributed by atoms with E-state index in [1.807, 2.05) is 30.3 Å². The number of pyridine rings is 1. The summed E-state index contributed by atoms with van der Waals surface area (Å²) in [6, 6.07) is 12.6. The molecule has 3 aromatic rings. The maximum atomic E-state index is 12.1. The molecule has 0 unspecified atom stereocenters. The van der Waals surface area contributed by atoms with Gasteiger partial charge in [-0.15, -0.1) is 5.10 Å². The van der Waals surface area contributed by atoms with E-state index in [9.17, 15) is 4.79 Å². The molecule has 2 N–H and O–H groups in total. The third kappa shape index (κ3) is 2.75. The van der Waals surface area contributed by atoms with Crippen molar-refractivity contribution in [3.05, 3.63) is 48.2 Å². The van der Waals surface area contributed by atoms with Gasteiger partial charge in [0.25, 0.3) is 11.9 Å². The molecule has 0 aliphatic rings. The predicted octanol–water partition coefficient (Wildman–Crippen LogP) is 1.52. The number of nitrogens with one attached hydrogen (secondary N) is 2. The highest BCUT2D eigenvalue weighted by Gasteiger charge is 2.13. The molecule has 0 aliphatic heterocycles. The number of aromatic amines is 1. The van der Waals surface area contributed by atoms with Crippen LogP contribution >= 0.6 is 0 Å². The van der Waals surface area contributed by atoms with Crippen LogP contribution in [0.1, 0.15) is 10.5 Å². The summed E-state index contributed by atoms with van der Waals surface area (Å²) in [5.74, 6) is 0.360. The number of carbonyl (C=O) groups is 1. The average Bonchev–Trinajstić information content (AvgIpc) is 3.08. The summed E-state index contributed by atoms with van der Waals surface area (Å²) in [4.78, 5) is 16.5. The van der Waals surface area contributed by atoms with Crippen LogP contribution in [0, 0.1) is 0 Å².